The Morgan fingerprint density at radius 1 is 0.800 bits per heavy atom. The first kappa shape index (κ1) is 46.5. The largest absolute Gasteiger partial charge is 0.484 e. The number of piperazine rings is 1. The SMILES string of the molecule is O=C1CCC(N2C(=O)c3ccc(N4CCN(CC5CCN(C(=O)COc6ccc(CCc7c(-c8ccc(C(F)(F)F)cc8)[nH]n(-c8nc9ccc(Cl)cc9[nH]8)c7=O)cc6)CC5)CC4)cc3C2=O)C(=O)N1. The third-order valence-corrected chi connectivity index (χ3v) is 14.0. The Bertz CT molecular complexity index is 3080. The molecule has 1 unspecified atom stereocenters. The molecule has 16 nitrogen and oxygen atoms in total. The maximum Gasteiger partial charge on any atom is 0.416 e. The van der Waals surface area contributed by atoms with Crippen LogP contribution in [0.1, 0.15) is 63.1 Å². The minimum Gasteiger partial charge on any atom is -0.484 e. The van der Waals surface area contributed by atoms with E-state index in [1.807, 2.05) is 23.1 Å². The zero-order valence-electron chi connectivity index (χ0n) is 37.7. The van der Waals surface area contributed by atoms with E-state index in [4.69, 9.17) is 16.3 Å². The molecule has 4 aliphatic rings. The number of ether oxygens (including phenoxy) is 1. The number of amides is 5. The number of piperidine rings is 2. The van der Waals surface area contributed by atoms with Crippen LogP contribution in [-0.2, 0) is 33.4 Å². The number of aromatic amines is 2. The second-order valence-corrected chi connectivity index (χ2v) is 18.6. The first-order valence-corrected chi connectivity index (χ1v) is 23.5. The van der Waals surface area contributed by atoms with Gasteiger partial charge >= 0.3 is 6.18 Å². The predicted molar refractivity (Wildman–Crippen MR) is 252 cm³/mol. The summed E-state index contributed by atoms with van der Waals surface area (Å²) < 4.78 is 47.3. The number of fused-ring (bicyclic) bond motifs is 2. The van der Waals surface area contributed by atoms with E-state index < -0.39 is 47.0 Å². The summed E-state index contributed by atoms with van der Waals surface area (Å²) in [4.78, 5) is 92.8. The third-order valence-electron chi connectivity index (χ3n) is 13.7. The van der Waals surface area contributed by atoms with Crippen LogP contribution in [0.3, 0.4) is 0 Å². The van der Waals surface area contributed by atoms with Gasteiger partial charge in [-0.1, -0.05) is 35.9 Å². The second-order valence-electron chi connectivity index (χ2n) is 18.1. The van der Waals surface area contributed by atoms with Gasteiger partial charge in [-0.3, -0.25) is 49.0 Å². The van der Waals surface area contributed by atoms with Crippen molar-refractivity contribution in [3.05, 3.63) is 128 Å². The van der Waals surface area contributed by atoms with E-state index in [1.54, 1.807) is 42.5 Å². The van der Waals surface area contributed by atoms with Crippen LogP contribution in [0.15, 0.2) is 89.7 Å². The molecular formula is C50H47ClF3N9O7. The van der Waals surface area contributed by atoms with Gasteiger partial charge in [-0.05, 0) is 110 Å². The quantitative estimate of drug-likeness (QED) is 0.123. The lowest BCUT2D eigenvalue weighted by Gasteiger charge is -2.39. The minimum atomic E-state index is -4.52. The summed E-state index contributed by atoms with van der Waals surface area (Å²) in [7, 11) is 0. The number of likely N-dealkylation sites (tertiary alicyclic amines) is 1. The average Bonchev–Trinajstić information content (AvgIpc) is 4.00. The van der Waals surface area contributed by atoms with Crippen LogP contribution in [0, 0.1) is 5.92 Å². The lowest BCUT2D eigenvalue weighted by Crippen LogP contribution is -2.54. The summed E-state index contributed by atoms with van der Waals surface area (Å²) in [5, 5.41) is 5.77. The van der Waals surface area contributed by atoms with Crippen molar-refractivity contribution in [2.75, 3.05) is 57.3 Å². The minimum absolute atomic E-state index is 0.0632. The van der Waals surface area contributed by atoms with Gasteiger partial charge in [0.2, 0.25) is 17.8 Å². The number of aromatic nitrogens is 4. The van der Waals surface area contributed by atoms with Crippen LogP contribution >= 0.6 is 11.6 Å². The van der Waals surface area contributed by atoms with Crippen molar-refractivity contribution in [3.8, 4) is 23.0 Å². The summed E-state index contributed by atoms with van der Waals surface area (Å²) in [5.41, 5.74) is 3.35. The van der Waals surface area contributed by atoms with Crippen molar-refractivity contribution in [1.82, 2.24) is 39.8 Å². The molecule has 0 bridgehead atoms. The highest BCUT2D eigenvalue weighted by molar-refractivity contribution is 6.31. The van der Waals surface area contributed by atoms with E-state index in [2.05, 4.69) is 30.2 Å². The molecule has 3 saturated heterocycles. The number of anilines is 1. The van der Waals surface area contributed by atoms with Gasteiger partial charge < -0.3 is 19.5 Å². The van der Waals surface area contributed by atoms with Crippen LogP contribution in [0.25, 0.3) is 28.2 Å². The number of halogens is 4. The molecule has 0 aliphatic carbocycles. The number of nitrogens with one attached hydrogen (secondary N) is 3. The Kier molecular flexibility index (Phi) is 12.6. The highest BCUT2D eigenvalue weighted by Gasteiger charge is 2.45. The normalized spacial score (nSPS) is 18.2. The van der Waals surface area contributed by atoms with Crippen molar-refractivity contribution in [1.29, 1.82) is 0 Å². The maximum absolute atomic E-state index is 13.9. The molecule has 3 N–H and O–H groups in total. The number of hydrogen-bond donors (Lipinski definition) is 3. The van der Waals surface area contributed by atoms with Gasteiger partial charge in [-0.2, -0.15) is 17.9 Å². The summed E-state index contributed by atoms with van der Waals surface area (Å²) in [6.07, 6.45) is -1.93. The van der Waals surface area contributed by atoms with Crippen molar-refractivity contribution < 1.29 is 41.9 Å². The maximum atomic E-state index is 13.9. The summed E-state index contributed by atoms with van der Waals surface area (Å²) in [6, 6.07) is 21.1. The average molecular weight is 978 g/mol. The topological polar surface area (TPSA) is 186 Å². The van der Waals surface area contributed by atoms with Crippen LogP contribution in [0.4, 0.5) is 18.9 Å². The monoisotopic (exact) mass is 977 g/mol. The van der Waals surface area contributed by atoms with Gasteiger partial charge in [0.05, 0.1) is 33.4 Å². The van der Waals surface area contributed by atoms with E-state index >= 15 is 0 Å². The Morgan fingerprint density at radius 2 is 1.53 bits per heavy atom. The number of hydrogen-bond acceptors (Lipinski definition) is 10. The van der Waals surface area contributed by atoms with Crippen LogP contribution in [-0.4, -0.2) is 122 Å². The molecule has 6 heterocycles. The van der Waals surface area contributed by atoms with Gasteiger partial charge in [0, 0.05) is 68.5 Å². The summed E-state index contributed by atoms with van der Waals surface area (Å²) in [5.74, 6) is -1.06. The number of benzene rings is 4. The fourth-order valence-corrected chi connectivity index (χ4v) is 10.00. The first-order valence-electron chi connectivity index (χ1n) is 23.2. The standard InChI is InChI=1S/C50H47ClF3N9O7/c51-33-8-14-39-40(25-33)56-49(55-39)63-48(69)37(44(58-63)31-4-6-32(7-5-31)50(52,53)54)12-3-29-1-10-35(11-2-29)70-28-43(65)61-19-17-30(18-20-61)27-59-21-23-60(24-22-59)34-9-13-36-38(26-34)47(68)62(46(36)67)41-15-16-42(64)57-45(41)66/h1-2,4-11,13-14,25-26,30,41,58H,3,12,15-24,27-28H2,(H,55,56)(H,57,64,66). The molecule has 0 saturated carbocycles. The second kappa shape index (κ2) is 18.9. The molecule has 0 spiro atoms. The van der Waals surface area contributed by atoms with Gasteiger partial charge in [0.15, 0.2) is 6.61 Å². The van der Waals surface area contributed by atoms with E-state index in [0.29, 0.717) is 64.1 Å². The van der Waals surface area contributed by atoms with Crippen LogP contribution in [0.2, 0.25) is 5.02 Å². The predicted octanol–water partition coefficient (Wildman–Crippen LogP) is 6.01. The van der Waals surface area contributed by atoms with Crippen molar-refractivity contribution in [2.24, 2.45) is 5.92 Å². The van der Waals surface area contributed by atoms with Crippen molar-refractivity contribution in [2.45, 2.75) is 50.7 Å². The number of rotatable bonds is 12. The van der Waals surface area contributed by atoms with Gasteiger partial charge in [-0.15, -0.1) is 0 Å². The zero-order valence-corrected chi connectivity index (χ0v) is 38.4. The van der Waals surface area contributed by atoms with Crippen LogP contribution in [0.5, 0.6) is 5.75 Å². The number of imide groups is 2. The molecule has 70 heavy (non-hydrogen) atoms. The van der Waals surface area contributed by atoms with Gasteiger partial charge in [0.25, 0.3) is 23.3 Å². The molecule has 20 heteroatoms. The third kappa shape index (κ3) is 9.42. The molecular weight excluding hydrogens is 931 g/mol. The van der Waals surface area contributed by atoms with Crippen LogP contribution < -0.4 is 20.5 Å². The fraction of sp³-hybridized carbons (Fsp3) is 0.340. The van der Waals surface area contributed by atoms with E-state index in [0.717, 1.165) is 73.8 Å². The molecule has 362 valence electrons. The van der Waals surface area contributed by atoms with Gasteiger partial charge in [-0.25, -0.2) is 4.98 Å². The molecule has 3 fully saturated rings. The Morgan fingerprint density at radius 3 is 2.24 bits per heavy atom. The summed E-state index contributed by atoms with van der Waals surface area (Å²) >= 11 is 6.16. The first-order chi connectivity index (χ1) is 33.7. The van der Waals surface area contributed by atoms with E-state index in [9.17, 15) is 41.9 Å². The highest BCUT2D eigenvalue weighted by Crippen LogP contribution is 2.33. The Hall–Kier alpha value is -7.25. The molecule has 10 rings (SSSR count). The Labute approximate surface area is 403 Å². The van der Waals surface area contributed by atoms with E-state index in [1.165, 1.54) is 16.8 Å². The lowest BCUT2D eigenvalue weighted by molar-refractivity contribution is -0.138. The number of nitrogens with zero attached hydrogens (tertiary/aromatic N) is 6. The number of H-pyrrole nitrogens is 2. The molecule has 0 radical (unpaired) electrons. The molecule has 5 amide bonds. The zero-order chi connectivity index (χ0) is 48.8. The molecule has 1 atom stereocenters. The van der Waals surface area contributed by atoms with Crippen molar-refractivity contribution in [3.63, 3.8) is 0 Å². The molecule has 6 aromatic rings. The lowest BCUT2D eigenvalue weighted by atomic mass is 9.96. The molecule has 4 aliphatic heterocycles. The molecule has 4 aromatic carbocycles. The number of carbonyl (C=O) groups is 5. The Balaban J connectivity index is 0.691. The fourth-order valence-electron chi connectivity index (χ4n) is 9.82. The van der Waals surface area contributed by atoms with Crippen molar-refractivity contribution >= 4 is 57.9 Å². The van der Waals surface area contributed by atoms with Gasteiger partial charge in [0.1, 0.15) is 11.8 Å². The smallest absolute Gasteiger partial charge is 0.416 e. The number of alkyl halides is 3. The summed E-state index contributed by atoms with van der Waals surface area (Å²) in [6.45, 7) is 5.14. The number of aryl methyl sites for hydroxylation is 1. The number of imidazole rings is 1. The van der Waals surface area contributed by atoms with E-state index in [-0.39, 0.29) is 48.9 Å². The molecule has 2 aromatic heterocycles. The number of carbonyl (C=O) groups excluding carboxylic acids is 5. The highest BCUT2D eigenvalue weighted by atomic mass is 35.5.